The Hall–Kier alpha value is 0.350. The van der Waals surface area contributed by atoms with Crippen LogP contribution in [0, 0.1) is 0 Å². The fourth-order valence-electron chi connectivity index (χ4n) is 3.77. The minimum atomic E-state index is -0.421. The largest absolute Gasteiger partial charge is 0.224 e. The summed E-state index contributed by atoms with van der Waals surface area (Å²) in [5, 5.41) is 1.93. The molecule has 0 radical (unpaired) electrons. The van der Waals surface area contributed by atoms with Gasteiger partial charge in [0.1, 0.15) is 0 Å². The lowest BCUT2D eigenvalue weighted by atomic mass is 10.2. The van der Waals surface area contributed by atoms with E-state index in [1.807, 2.05) is 0 Å². The zero-order valence-corrected chi connectivity index (χ0v) is 11.4. The summed E-state index contributed by atoms with van der Waals surface area (Å²) in [5.74, 6) is 0. The third-order valence-electron chi connectivity index (χ3n) is 3.78. The molecule has 0 unspecified atom stereocenters. The fourth-order valence-corrected chi connectivity index (χ4v) is 11.6. The Morgan fingerprint density at radius 3 is 0.923 bits per heavy atom. The summed E-state index contributed by atoms with van der Waals surface area (Å²) in [6, 6.07) is 0. The molecule has 1 saturated heterocycles. The van der Waals surface area contributed by atoms with E-state index in [1.165, 1.54) is 0 Å². The van der Waals surface area contributed by atoms with Gasteiger partial charge in [-0.1, -0.05) is 55.4 Å². The molecule has 1 fully saturated rings. The second-order valence-electron chi connectivity index (χ2n) is 6.34. The van der Waals surface area contributed by atoms with Crippen LogP contribution in [0.4, 0.5) is 0 Å². The van der Waals surface area contributed by atoms with Crippen LogP contribution >= 0.6 is 10.0 Å². The average Bonchev–Trinajstić information content (AvgIpc) is 2.32. The maximum absolute atomic E-state index is 2.45. The first kappa shape index (κ1) is 11.4. The predicted octanol–water partition coefficient (Wildman–Crippen LogP) is 4.18. The SMILES string of the molecule is C[C@@H]1[C@H](C)S1(C(C)(C)C)C(C)(C)C. The summed E-state index contributed by atoms with van der Waals surface area (Å²) in [6.45, 7) is 19.5. The van der Waals surface area contributed by atoms with Crippen LogP contribution in [-0.2, 0) is 0 Å². The standard InChI is InChI=1S/C12H26S/c1-9-10(2)13(9,11(3,4)5)12(6,7)8/h9-10H,1-8H3/t9-,10+. The van der Waals surface area contributed by atoms with E-state index in [9.17, 15) is 0 Å². The number of hydrogen-bond donors (Lipinski definition) is 0. The Morgan fingerprint density at radius 2 is 0.923 bits per heavy atom. The summed E-state index contributed by atoms with van der Waals surface area (Å²) in [4.78, 5) is 0. The predicted molar refractivity (Wildman–Crippen MR) is 66.0 cm³/mol. The van der Waals surface area contributed by atoms with Crippen molar-refractivity contribution in [1.82, 2.24) is 0 Å². The molecule has 0 aliphatic carbocycles. The highest BCUT2D eigenvalue weighted by Crippen LogP contribution is 2.86. The smallest absolute Gasteiger partial charge is 0.00258 e. The van der Waals surface area contributed by atoms with E-state index in [4.69, 9.17) is 0 Å². The van der Waals surface area contributed by atoms with Crippen molar-refractivity contribution in [1.29, 1.82) is 0 Å². The highest BCUT2D eigenvalue weighted by molar-refractivity contribution is 8.42. The van der Waals surface area contributed by atoms with Crippen LogP contribution in [0.3, 0.4) is 0 Å². The molecule has 2 atom stereocenters. The minimum Gasteiger partial charge on any atom is -0.224 e. The second kappa shape index (κ2) is 2.68. The molecular formula is C12H26S. The van der Waals surface area contributed by atoms with E-state index < -0.39 is 10.0 Å². The topological polar surface area (TPSA) is 0 Å². The van der Waals surface area contributed by atoms with Gasteiger partial charge in [-0.3, -0.25) is 0 Å². The minimum absolute atomic E-state index is 0.421. The summed E-state index contributed by atoms with van der Waals surface area (Å²) in [7, 11) is -0.421. The van der Waals surface area contributed by atoms with Crippen molar-refractivity contribution in [3.05, 3.63) is 0 Å². The van der Waals surface area contributed by atoms with Crippen LogP contribution in [0.25, 0.3) is 0 Å². The maximum atomic E-state index is 2.45. The van der Waals surface area contributed by atoms with E-state index in [2.05, 4.69) is 55.4 Å². The van der Waals surface area contributed by atoms with Crippen LogP contribution in [0.1, 0.15) is 55.4 Å². The van der Waals surface area contributed by atoms with Crippen molar-refractivity contribution < 1.29 is 0 Å². The lowest BCUT2D eigenvalue weighted by molar-refractivity contribution is 0.721. The van der Waals surface area contributed by atoms with Gasteiger partial charge in [-0.05, 0) is 20.0 Å². The summed E-state index contributed by atoms with van der Waals surface area (Å²) in [5.41, 5.74) is 0. The molecule has 1 aliphatic rings. The highest BCUT2D eigenvalue weighted by atomic mass is 32.3. The average molecular weight is 202 g/mol. The highest BCUT2D eigenvalue weighted by Gasteiger charge is 2.65. The molecule has 80 valence electrons. The van der Waals surface area contributed by atoms with Crippen molar-refractivity contribution >= 4 is 10.0 Å². The number of rotatable bonds is 0. The quantitative estimate of drug-likeness (QED) is 0.517. The van der Waals surface area contributed by atoms with Gasteiger partial charge in [0.2, 0.25) is 0 Å². The van der Waals surface area contributed by atoms with E-state index >= 15 is 0 Å². The lowest BCUT2D eigenvalue weighted by Gasteiger charge is -2.48. The third kappa shape index (κ3) is 1.26. The van der Waals surface area contributed by atoms with Crippen molar-refractivity contribution in [3.63, 3.8) is 0 Å². The first-order valence-electron chi connectivity index (χ1n) is 5.37. The van der Waals surface area contributed by atoms with Gasteiger partial charge in [-0.25, -0.2) is 10.0 Å². The Morgan fingerprint density at radius 1 is 0.692 bits per heavy atom. The molecule has 13 heavy (non-hydrogen) atoms. The third-order valence-corrected chi connectivity index (χ3v) is 10.7. The molecule has 0 spiro atoms. The zero-order valence-electron chi connectivity index (χ0n) is 10.6. The molecule has 1 rings (SSSR count). The van der Waals surface area contributed by atoms with Crippen molar-refractivity contribution in [2.45, 2.75) is 75.4 Å². The maximum Gasteiger partial charge on any atom is -0.00258 e. The van der Waals surface area contributed by atoms with Crippen LogP contribution in [-0.4, -0.2) is 20.0 Å². The summed E-state index contributed by atoms with van der Waals surface area (Å²) in [6.07, 6.45) is 0. The van der Waals surface area contributed by atoms with Crippen LogP contribution in [0.15, 0.2) is 0 Å². The Balaban J connectivity index is 3.09. The molecule has 0 aromatic carbocycles. The fraction of sp³-hybridized carbons (Fsp3) is 1.00. The normalized spacial score (nSPS) is 35.7. The Bertz CT molecular complexity index is 180. The van der Waals surface area contributed by atoms with Gasteiger partial charge in [-0.15, -0.1) is 0 Å². The molecule has 0 N–H and O–H groups in total. The second-order valence-corrected chi connectivity index (χ2v) is 11.7. The van der Waals surface area contributed by atoms with Crippen LogP contribution in [0.2, 0.25) is 0 Å². The van der Waals surface area contributed by atoms with Crippen molar-refractivity contribution in [3.8, 4) is 0 Å². The molecule has 1 aliphatic heterocycles. The van der Waals surface area contributed by atoms with Crippen molar-refractivity contribution in [2.75, 3.05) is 0 Å². The van der Waals surface area contributed by atoms with E-state index in [0.717, 1.165) is 10.5 Å². The van der Waals surface area contributed by atoms with Gasteiger partial charge in [0, 0.05) is 0 Å². The van der Waals surface area contributed by atoms with Crippen LogP contribution in [0.5, 0.6) is 0 Å². The zero-order chi connectivity index (χ0) is 10.7. The van der Waals surface area contributed by atoms with Gasteiger partial charge in [0.25, 0.3) is 0 Å². The van der Waals surface area contributed by atoms with E-state index in [1.54, 1.807) is 0 Å². The molecule has 0 amide bonds. The van der Waals surface area contributed by atoms with Crippen LogP contribution < -0.4 is 0 Å². The molecule has 1 heterocycles. The summed E-state index contributed by atoms with van der Waals surface area (Å²) >= 11 is 0. The molecule has 0 nitrogen and oxygen atoms in total. The van der Waals surface area contributed by atoms with Gasteiger partial charge >= 0.3 is 0 Å². The monoisotopic (exact) mass is 202 g/mol. The van der Waals surface area contributed by atoms with Gasteiger partial charge < -0.3 is 0 Å². The van der Waals surface area contributed by atoms with Gasteiger partial charge in [0.05, 0.1) is 0 Å². The first-order valence-corrected chi connectivity index (χ1v) is 7.13. The summed E-state index contributed by atoms with van der Waals surface area (Å²) < 4.78 is 1.04. The van der Waals surface area contributed by atoms with Gasteiger partial charge in [0.15, 0.2) is 0 Å². The van der Waals surface area contributed by atoms with Crippen molar-refractivity contribution in [2.24, 2.45) is 0 Å². The Kier molecular flexibility index (Phi) is 2.36. The lowest BCUT2D eigenvalue weighted by Crippen LogP contribution is -2.32. The molecular weight excluding hydrogens is 176 g/mol. The number of hydrogen-bond acceptors (Lipinski definition) is 0. The molecule has 0 bridgehead atoms. The van der Waals surface area contributed by atoms with E-state index in [0.29, 0.717) is 9.49 Å². The Labute approximate surface area is 85.8 Å². The van der Waals surface area contributed by atoms with E-state index in [-0.39, 0.29) is 0 Å². The molecule has 0 aromatic rings. The molecule has 0 saturated carbocycles. The molecule has 1 heteroatoms. The molecule has 0 aromatic heterocycles. The first-order chi connectivity index (χ1) is 5.57. The van der Waals surface area contributed by atoms with Gasteiger partial charge in [-0.2, -0.15) is 0 Å².